The average molecular weight is 343 g/mol. The number of benzene rings is 1. The van der Waals surface area contributed by atoms with Crippen molar-refractivity contribution >= 4 is 27.5 Å². The van der Waals surface area contributed by atoms with E-state index in [1.165, 1.54) is 6.07 Å². The number of nitro benzene ring substituents is 1. The summed E-state index contributed by atoms with van der Waals surface area (Å²) >= 11 is 3.11. The third-order valence-electron chi connectivity index (χ3n) is 3.12. The molecule has 1 aliphatic heterocycles. The Morgan fingerprint density at radius 1 is 1.55 bits per heavy atom. The second kappa shape index (κ2) is 6.81. The smallest absolute Gasteiger partial charge is 0.283 e. The minimum Gasteiger partial charge on any atom is -0.376 e. The maximum atomic E-state index is 11.8. The molecule has 0 aromatic heterocycles. The summed E-state index contributed by atoms with van der Waals surface area (Å²) in [5.41, 5.74) is 0.583. The highest BCUT2D eigenvalue weighted by atomic mass is 79.9. The highest BCUT2D eigenvalue weighted by Gasteiger charge is 2.17. The van der Waals surface area contributed by atoms with Crippen molar-refractivity contribution in [2.45, 2.75) is 25.4 Å². The molecule has 1 saturated heterocycles. The van der Waals surface area contributed by atoms with Crippen LogP contribution in [-0.2, 0) is 16.0 Å². The Kier molecular flexibility index (Phi) is 5.08. The number of carbonyl (C=O) groups is 1. The van der Waals surface area contributed by atoms with Gasteiger partial charge in [0.25, 0.3) is 5.69 Å². The fourth-order valence-electron chi connectivity index (χ4n) is 2.09. The Bertz CT molecular complexity index is 515. The zero-order valence-electron chi connectivity index (χ0n) is 10.8. The summed E-state index contributed by atoms with van der Waals surface area (Å²) in [4.78, 5) is 22.1. The number of halogens is 1. The van der Waals surface area contributed by atoms with E-state index in [-0.39, 0.29) is 24.1 Å². The maximum Gasteiger partial charge on any atom is 0.283 e. The molecule has 1 N–H and O–H groups in total. The maximum absolute atomic E-state index is 11.8. The van der Waals surface area contributed by atoms with Gasteiger partial charge in [0, 0.05) is 19.2 Å². The molecule has 0 spiro atoms. The van der Waals surface area contributed by atoms with Crippen molar-refractivity contribution < 1.29 is 14.5 Å². The van der Waals surface area contributed by atoms with Crippen molar-refractivity contribution in [3.05, 3.63) is 38.3 Å². The van der Waals surface area contributed by atoms with Gasteiger partial charge in [-0.3, -0.25) is 14.9 Å². The van der Waals surface area contributed by atoms with Crippen molar-refractivity contribution in [1.29, 1.82) is 0 Å². The molecule has 6 nitrogen and oxygen atoms in total. The molecule has 1 aliphatic rings. The number of ether oxygens (including phenoxy) is 1. The standard InChI is InChI=1S/C13H15BrN2O4/c14-11-4-3-9(6-12(11)16(18)19)7-13(17)15-8-10-2-1-5-20-10/h3-4,6,10H,1-2,5,7-8H2,(H,15,17). The monoisotopic (exact) mass is 342 g/mol. The van der Waals surface area contributed by atoms with E-state index >= 15 is 0 Å². The van der Waals surface area contributed by atoms with Gasteiger partial charge in [0.15, 0.2) is 0 Å². The van der Waals surface area contributed by atoms with E-state index in [2.05, 4.69) is 21.2 Å². The zero-order chi connectivity index (χ0) is 14.5. The van der Waals surface area contributed by atoms with E-state index in [4.69, 9.17) is 4.74 Å². The van der Waals surface area contributed by atoms with E-state index in [9.17, 15) is 14.9 Å². The third kappa shape index (κ3) is 4.01. The number of nitro groups is 1. The Labute approximate surface area is 124 Å². The summed E-state index contributed by atoms with van der Waals surface area (Å²) in [6, 6.07) is 4.69. The quantitative estimate of drug-likeness (QED) is 0.656. The normalized spacial score (nSPS) is 17.9. The lowest BCUT2D eigenvalue weighted by Crippen LogP contribution is -2.32. The van der Waals surface area contributed by atoms with Crippen LogP contribution in [0.3, 0.4) is 0 Å². The molecule has 0 radical (unpaired) electrons. The van der Waals surface area contributed by atoms with Gasteiger partial charge in [-0.2, -0.15) is 0 Å². The van der Waals surface area contributed by atoms with E-state index in [0.717, 1.165) is 19.4 Å². The molecule has 0 bridgehead atoms. The van der Waals surface area contributed by atoms with Crippen molar-refractivity contribution in [2.75, 3.05) is 13.2 Å². The lowest BCUT2D eigenvalue weighted by molar-refractivity contribution is -0.385. The molecule has 1 atom stereocenters. The molecule has 0 aliphatic carbocycles. The first kappa shape index (κ1) is 14.9. The molecule has 1 aromatic carbocycles. The molecule has 0 saturated carbocycles. The summed E-state index contributed by atoms with van der Waals surface area (Å²) < 4.78 is 5.82. The minimum atomic E-state index is -0.474. The van der Waals surface area contributed by atoms with Crippen LogP contribution in [0, 0.1) is 10.1 Å². The molecule has 2 rings (SSSR count). The lowest BCUT2D eigenvalue weighted by atomic mass is 10.1. The van der Waals surface area contributed by atoms with Crippen LogP contribution in [0.25, 0.3) is 0 Å². The molecule has 7 heteroatoms. The van der Waals surface area contributed by atoms with Gasteiger partial charge in [-0.15, -0.1) is 0 Å². The topological polar surface area (TPSA) is 81.5 Å². The van der Waals surface area contributed by atoms with Gasteiger partial charge < -0.3 is 10.1 Å². The van der Waals surface area contributed by atoms with E-state index in [1.807, 2.05) is 0 Å². The summed E-state index contributed by atoms with van der Waals surface area (Å²) in [5, 5.41) is 13.6. The van der Waals surface area contributed by atoms with Crippen LogP contribution in [-0.4, -0.2) is 30.1 Å². The van der Waals surface area contributed by atoms with E-state index in [0.29, 0.717) is 16.6 Å². The van der Waals surface area contributed by atoms with Crippen molar-refractivity contribution in [3.8, 4) is 0 Å². The summed E-state index contributed by atoms with van der Waals surface area (Å²) in [6.07, 6.45) is 2.21. The second-order valence-electron chi connectivity index (χ2n) is 4.66. The number of carbonyl (C=O) groups excluding carboxylic acids is 1. The first-order valence-corrected chi connectivity index (χ1v) is 7.16. The van der Waals surface area contributed by atoms with Crippen LogP contribution in [0.5, 0.6) is 0 Å². The Morgan fingerprint density at radius 3 is 3.00 bits per heavy atom. The van der Waals surface area contributed by atoms with Gasteiger partial charge in [-0.25, -0.2) is 0 Å². The summed E-state index contributed by atoms with van der Waals surface area (Å²) in [6.45, 7) is 1.25. The SMILES string of the molecule is O=C(Cc1ccc(Br)c([N+](=O)[O-])c1)NCC1CCCO1. The average Bonchev–Trinajstić information content (AvgIpc) is 2.91. The fourth-order valence-corrected chi connectivity index (χ4v) is 2.48. The number of rotatable bonds is 5. The van der Waals surface area contributed by atoms with Gasteiger partial charge >= 0.3 is 0 Å². The number of hydrogen-bond acceptors (Lipinski definition) is 4. The Balaban J connectivity index is 1.90. The van der Waals surface area contributed by atoms with Gasteiger partial charge in [-0.05, 0) is 40.4 Å². The first-order chi connectivity index (χ1) is 9.56. The number of nitrogens with zero attached hydrogens (tertiary/aromatic N) is 1. The minimum absolute atomic E-state index is 0.0329. The van der Waals surface area contributed by atoms with Crippen LogP contribution < -0.4 is 5.32 Å². The molecule has 1 heterocycles. The second-order valence-corrected chi connectivity index (χ2v) is 5.51. The van der Waals surface area contributed by atoms with Gasteiger partial charge in [0.1, 0.15) is 0 Å². The molecule has 1 amide bonds. The van der Waals surface area contributed by atoms with Gasteiger partial charge in [-0.1, -0.05) is 6.07 Å². The predicted molar refractivity (Wildman–Crippen MR) is 76.5 cm³/mol. The zero-order valence-corrected chi connectivity index (χ0v) is 12.4. The van der Waals surface area contributed by atoms with Crippen LogP contribution in [0.15, 0.2) is 22.7 Å². The number of nitrogens with one attached hydrogen (secondary N) is 1. The molecular weight excluding hydrogens is 328 g/mol. The fraction of sp³-hybridized carbons (Fsp3) is 0.462. The number of hydrogen-bond donors (Lipinski definition) is 1. The lowest BCUT2D eigenvalue weighted by Gasteiger charge is -2.10. The summed E-state index contributed by atoms with van der Waals surface area (Å²) in [5.74, 6) is -0.155. The number of amides is 1. The Hall–Kier alpha value is -1.47. The Morgan fingerprint density at radius 2 is 2.35 bits per heavy atom. The largest absolute Gasteiger partial charge is 0.376 e. The van der Waals surface area contributed by atoms with E-state index in [1.54, 1.807) is 12.1 Å². The van der Waals surface area contributed by atoms with Gasteiger partial charge in [0.2, 0.25) is 5.91 Å². The van der Waals surface area contributed by atoms with Crippen LogP contribution in [0.2, 0.25) is 0 Å². The van der Waals surface area contributed by atoms with Crippen molar-refractivity contribution in [2.24, 2.45) is 0 Å². The first-order valence-electron chi connectivity index (χ1n) is 6.37. The van der Waals surface area contributed by atoms with Crippen LogP contribution >= 0.6 is 15.9 Å². The molecule has 1 unspecified atom stereocenters. The van der Waals surface area contributed by atoms with Crippen LogP contribution in [0.4, 0.5) is 5.69 Å². The van der Waals surface area contributed by atoms with Crippen molar-refractivity contribution in [3.63, 3.8) is 0 Å². The third-order valence-corrected chi connectivity index (χ3v) is 3.79. The summed E-state index contributed by atoms with van der Waals surface area (Å²) in [7, 11) is 0. The highest BCUT2D eigenvalue weighted by Crippen LogP contribution is 2.25. The predicted octanol–water partition coefficient (Wildman–Crippen LogP) is 2.20. The van der Waals surface area contributed by atoms with Crippen molar-refractivity contribution in [1.82, 2.24) is 5.32 Å². The molecule has 1 aromatic rings. The van der Waals surface area contributed by atoms with Crippen LogP contribution in [0.1, 0.15) is 18.4 Å². The van der Waals surface area contributed by atoms with Gasteiger partial charge in [0.05, 0.1) is 21.9 Å². The molecule has 1 fully saturated rings. The highest BCUT2D eigenvalue weighted by molar-refractivity contribution is 9.10. The molecule has 108 valence electrons. The molecule has 20 heavy (non-hydrogen) atoms. The van der Waals surface area contributed by atoms with E-state index < -0.39 is 4.92 Å². The molecular formula is C13H15BrN2O4.